The maximum atomic E-state index is 13.2. The van der Waals surface area contributed by atoms with Crippen molar-refractivity contribution in [2.45, 2.75) is 19.3 Å². The molecule has 0 atom stereocenters. The summed E-state index contributed by atoms with van der Waals surface area (Å²) < 4.78 is 28.0. The maximum Gasteiger partial charge on any atom is 0.273 e. The van der Waals surface area contributed by atoms with Crippen molar-refractivity contribution < 1.29 is 23.2 Å². The molecule has 3 aromatic rings. The van der Waals surface area contributed by atoms with Gasteiger partial charge in [-0.3, -0.25) is 14.4 Å². The number of benzene rings is 1. The van der Waals surface area contributed by atoms with Crippen LogP contribution >= 0.6 is 11.3 Å². The lowest BCUT2D eigenvalue weighted by molar-refractivity contribution is -0.117. The average molecular weight is 568 g/mol. The molecule has 2 fully saturated rings. The molecule has 210 valence electrons. The highest BCUT2D eigenvalue weighted by atomic mass is 32.1. The van der Waals surface area contributed by atoms with Crippen molar-refractivity contribution >= 4 is 46.3 Å². The molecule has 3 heterocycles. The minimum Gasteiger partial charge on any atom is -0.494 e. The van der Waals surface area contributed by atoms with Gasteiger partial charge in [0.15, 0.2) is 17.3 Å². The van der Waals surface area contributed by atoms with E-state index in [1.54, 1.807) is 24.4 Å². The van der Waals surface area contributed by atoms with Crippen LogP contribution in [0.3, 0.4) is 0 Å². The van der Waals surface area contributed by atoms with Gasteiger partial charge in [-0.25, -0.2) is 4.98 Å². The molecule has 0 bridgehead atoms. The largest absolute Gasteiger partial charge is 0.494 e. The van der Waals surface area contributed by atoms with Crippen LogP contribution in [0.5, 0.6) is 5.75 Å². The number of likely N-dealkylation sites (N-methyl/N-ethyl adjacent to an activating group) is 1. The number of hydrogen-bond acceptors (Lipinski definition) is 10. The number of nitrogens with zero attached hydrogens (tertiary/aromatic N) is 5. The Morgan fingerprint density at radius 3 is 2.75 bits per heavy atom. The Morgan fingerprint density at radius 1 is 1.12 bits per heavy atom. The number of nitrogens with one attached hydrogen (secondary N) is 3. The number of anilines is 3. The third-order valence-corrected chi connectivity index (χ3v) is 7.78. The molecule has 1 aliphatic carbocycles. The van der Waals surface area contributed by atoms with Gasteiger partial charge in [0.25, 0.3) is 11.8 Å². The minimum absolute atomic E-state index is 0.0687. The number of amides is 3. The average Bonchev–Trinajstić information content (AvgIpc) is 3.74. The molecule has 0 spiro atoms. The van der Waals surface area contributed by atoms with E-state index in [-0.39, 0.29) is 34.9 Å². The molecule has 40 heavy (non-hydrogen) atoms. The summed E-state index contributed by atoms with van der Waals surface area (Å²) >= 11 is 1.25. The summed E-state index contributed by atoms with van der Waals surface area (Å²) in [4.78, 5) is 47.5. The smallest absolute Gasteiger partial charge is 0.273 e. The molecule has 5 rings (SSSR count). The second kappa shape index (κ2) is 12.0. The van der Waals surface area contributed by atoms with Gasteiger partial charge in [0.1, 0.15) is 9.88 Å². The number of carbonyl (C=O) groups excluding carboxylic acids is 3. The topological polar surface area (TPSA) is 142 Å². The minimum atomic E-state index is -2.75. The maximum absolute atomic E-state index is 13.2. The van der Waals surface area contributed by atoms with Gasteiger partial charge >= 0.3 is 0 Å². The zero-order valence-electron chi connectivity index (χ0n) is 25.2. The van der Waals surface area contributed by atoms with Crippen LogP contribution in [0, 0.1) is 5.92 Å². The first-order valence-corrected chi connectivity index (χ1v) is 13.7. The van der Waals surface area contributed by atoms with E-state index in [0.29, 0.717) is 40.0 Å². The summed E-state index contributed by atoms with van der Waals surface area (Å²) in [7, 11) is 3.52. The second-order valence-corrected chi connectivity index (χ2v) is 10.7. The summed E-state index contributed by atoms with van der Waals surface area (Å²) in [5.74, 6) is -0.878. The predicted molar refractivity (Wildman–Crippen MR) is 152 cm³/mol. The van der Waals surface area contributed by atoms with Crippen LogP contribution in [0.15, 0.2) is 30.5 Å². The van der Waals surface area contributed by atoms with Gasteiger partial charge in [0, 0.05) is 42.7 Å². The molecule has 2 aliphatic rings. The third-order valence-electron chi connectivity index (χ3n) is 6.76. The van der Waals surface area contributed by atoms with Gasteiger partial charge in [0.2, 0.25) is 5.91 Å². The Hall–Kier alpha value is -4.10. The summed E-state index contributed by atoms with van der Waals surface area (Å²) in [6.45, 7) is 0.318. The monoisotopic (exact) mass is 567 g/mol. The predicted octanol–water partition coefficient (Wildman–Crippen LogP) is 2.84. The van der Waals surface area contributed by atoms with E-state index in [0.717, 1.165) is 32.4 Å². The van der Waals surface area contributed by atoms with E-state index in [2.05, 4.69) is 30.7 Å². The van der Waals surface area contributed by atoms with E-state index in [1.165, 1.54) is 24.5 Å². The lowest BCUT2D eigenvalue weighted by Crippen LogP contribution is -2.34. The van der Waals surface area contributed by atoms with Crippen LogP contribution < -0.4 is 20.7 Å². The normalized spacial score (nSPS) is 17.1. The first-order valence-electron chi connectivity index (χ1n) is 14.4. The van der Waals surface area contributed by atoms with E-state index in [1.807, 2.05) is 17.3 Å². The highest BCUT2D eigenvalue weighted by Gasteiger charge is 2.30. The fourth-order valence-corrected chi connectivity index (χ4v) is 5.33. The van der Waals surface area contributed by atoms with Gasteiger partial charge in [-0.2, -0.15) is 0 Å². The van der Waals surface area contributed by atoms with Crippen molar-refractivity contribution in [3.05, 3.63) is 41.0 Å². The number of rotatable bonds is 8. The number of ether oxygens (including phenoxy) is 1. The Morgan fingerprint density at radius 2 is 1.98 bits per heavy atom. The van der Waals surface area contributed by atoms with Crippen molar-refractivity contribution in [2.75, 3.05) is 57.9 Å². The Labute approximate surface area is 240 Å². The van der Waals surface area contributed by atoms with Gasteiger partial charge < -0.3 is 30.5 Å². The molecule has 1 saturated heterocycles. The first-order chi connectivity index (χ1) is 20.5. The number of para-hydroxylation sites is 1. The van der Waals surface area contributed by atoms with E-state index >= 15 is 0 Å². The fourth-order valence-electron chi connectivity index (χ4n) is 4.42. The number of thiazole rings is 1. The Bertz CT molecular complexity index is 1530. The number of carbonyl (C=O) groups is 3. The molecule has 1 aliphatic heterocycles. The highest BCUT2D eigenvalue weighted by molar-refractivity contribution is 7.17. The quantitative estimate of drug-likeness (QED) is 0.375. The molecule has 1 saturated carbocycles. The van der Waals surface area contributed by atoms with Gasteiger partial charge in [-0.05, 0) is 45.0 Å². The molecule has 0 radical (unpaired) electrons. The van der Waals surface area contributed by atoms with E-state index in [9.17, 15) is 14.4 Å². The molecule has 12 nitrogen and oxygen atoms in total. The van der Waals surface area contributed by atoms with E-state index < -0.39 is 12.9 Å². The first kappa shape index (κ1) is 23.8. The molecule has 2 aromatic heterocycles. The van der Waals surface area contributed by atoms with Crippen molar-refractivity contribution in [3.63, 3.8) is 0 Å². The van der Waals surface area contributed by atoms with Crippen molar-refractivity contribution in [3.8, 4) is 16.3 Å². The molecular formula is C27H32N8O4S. The molecule has 1 aromatic carbocycles. The molecule has 3 N–H and O–H groups in total. The summed E-state index contributed by atoms with van der Waals surface area (Å²) in [5, 5.41) is 16.1. The zero-order valence-corrected chi connectivity index (χ0v) is 23.0. The van der Waals surface area contributed by atoms with Gasteiger partial charge in [0.05, 0.1) is 30.2 Å². The van der Waals surface area contributed by atoms with E-state index in [4.69, 9.17) is 8.85 Å². The molecule has 13 heteroatoms. The highest BCUT2D eigenvalue weighted by Crippen LogP contribution is 2.40. The van der Waals surface area contributed by atoms with Crippen LogP contribution in [0.1, 0.15) is 43.5 Å². The summed E-state index contributed by atoms with van der Waals surface area (Å²) in [6, 6.07) is 6.66. The van der Waals surface area contributed by atoms with Crippen molar-refractivity contribution in [1.82, 2.24) is 30.3 Å². The number of methoxy groups -OCH3 is 1. The van der Waals surface area contributed by atoms with Crippen LogP contribution in [0.2, 0.25) is 0 Å². The van der Waals surface area contributed by atoms with Gasteiger partial charge in [-0.15, -0.1) is 21.5 Å². The van der Waals surface area contributed by atoms with Crippen molar-refractivity contribution in [2.24, 2.45) is 5.92 Å². The summed E-state index contributed by atoms with van der Waals surface area (Å²) in [5.41, 5.74) is 0.816. The fraction of sp³-hybridized carbons (Fsp3) is 0.407. The Kier molecular flexibility index (Phi) is 7.11. The lowest BCUT2D eigenvalue weighted by atomic mass is 10.1. The number of hydrogen-bond donors (Lipinski definition) is 3. The zero-order chi connectivity index (χ0) is 30.7. The number of aromatic nitrogens is 3. The SMILES string of the molecule is [2H]C([2H])([2H])NC(=O)c1nnc(NC(=O)C2CC2)cc1Nc1cccc(-c2ncc(C(=O)N3CCCN(C)CC3)s2)c1OC. The standard InChI is InChI=1S/C27H32N8O4S/c1-28-25(37)22-19(14-21(32-33-22)31-24(36)16-8-9-16)30-18-7-4-6-17(23(18)39-3)26-29-15-20(40-26)27(38)35-11-5-10-34(2)12-13-35/h4,6-7,14-16H,5,8-13H2,1-3H3,(H,28,37)(H2,30,31,32,36)/i1D3. The molecule has 0 unspecified atom stereocenters. The second-order valence-electron chi connectivity index (χ2n) is 9.70. The summed E-state index contributed by atoms with van der Waals surface area (Å²) in [6.07, 6.45) is 4.03. The third kappa shape index (κ3) is 6.05. The van der Waals surface area contributed by atoms with Crippen molar-refractivity contribution in [1.29, 1.82) is 0 Å². The van der Waals surface area contributed by atoms with Crippen LogP contribution in [-0.2, 0) is 4.79 Å². The molecular weight excluding hydrogens is 532 g/mol. The van der Waals surface area contributed by atoms with Crippen LogP contribution in [0.4, 0.5) is 17.2 Å². The van der Waals surface area contributed by atoms with Gasteiger partial charge in [-0.1, -0.05) is 6.07 Å². The van der Waals surface area contributed by atoms with Crippen LogP contribution in [-0.4, -0.2) is 90.0 Å². The molecule has 3 amide bonds. The Balaban J connectivity index is 1.44. The van der Waals surface area contributed by atoms with Crippen LogP contribution in [0.25, 0.3) is 10.6 Å². The lowest BCUT2D eigenvalue weighted by Gasteiger charge is -2.19.